The van der Waals surface area contributed by atoms with Crippen LogP contribution >= 0.6 is 0 Å². The maximum atomic E-state index is 12.7. The molecule has 150 valence electrons. The van der Waals surface area contributed by atoms with Crippen molar-refractivity contribution in [1.82, 2.24) is 4.98 Å². The Kier molecular flexibility index (Phi) is 6.68. The van der Waals surface area contributed by atoms with Crippen molar-refractivity contribution < 1.29 is 14.3 Å². The molecule has 2 N–H and O–H groups in total. The zero-order valence-corrected chi connectivity index (χ0v) is 16.9. The highest BCUT2D eigenvalue weighted by molar-refractivity contribution is 6.04. The van der Waals surface area contributed by atoms with Gasteiger partial charge >= 0.3 is 0 Å². The molecule has 2 aromatic carbocycles. The summed E-state index contributed by atoms with van der Waals surface area (Å²) >= 11 is 0. The van der Waals surface area contributed by atoms with E-state index in [0.717, 1.165) is 29.0 Å². The number of hydrogen-bond acceptors (Lipinski definition) is 5. The molecule has 6 heteroatoms. The third-order valence-electron chi connectivity index (χ3n) is 4.51. The number of anilines is 2. The van der Waals surface area contributed by atoms with Crippen molar-refractivity contribution in [2.24, 2.45) is 0 Å². The number of hydrogen-bond donors (Lipinski definition) is 2. The Balaban J connectivity index is 1.64. The van der Waals surface area contributed by atoms with Gasteiger partial charge in [-0.05, 0) is 54.8 Å². The summed E-state index contributed by atoms with van der Waals surface area (Å²) in [7, 11) is 3.24. The maximum absolute atomic E-state index is 12.7. The summed E-state index contributed by atoms with van der Waals surface area (Å²) in [6.45, 7) is 2.66. The van der Waals surface area contributed by atoms with Gasteiger partial charge in [-0.15, -0.1) is 0 Å². The molecule has 3 rings (SSSR count). The maximum Gasteiger partial charge on any atom is 0.274 e. The molecular weight excluding hydrogens is 366 g/mol. The van der Waals surface area contributed by atoms with Crippen LogP contribution in [0.3, 0.4) is 0 Å². The monoisotopic (exact) mass is 391 g/mol. The smallest absolute Gasteiger partial charge is 0.274 e. The van der Waals surface area contributed by atoms with Crippen molar-refractivity contribution in [2.75, 3.05) is 31.4 Å². The summed E-state index contributed by atoms with van der Waals surface area (Å²) < 4.78 is 10.7. The lowest BCUT2D eigenvalue weighted by molar-refractivity contribution is 0.102. The lowest BCUT2D eigenvalue weighted by atomic mass is 10.1. The van der Waals surface area contributed by atoms with Crippen molar-refractivity contribution in [1.29, 1.82) is 0 Å². The summed E-state index contributed by atoms with van der Waals surface area (Å²) in [5.41, 5.74) is 3.93. The van der Waals surface area contributed by atoms with Crippen LogP contribution in [0.1, 0.15) is 21.6 Å². The zero-order valence-electron chi connectivity index (χ0n) is 16.9. The van der Waals surface area contributed by atoms with E-state index in [1.54, 1.807) is 26.5 Å². The Labute approximate surface area is 170 Å². The minimum atomic E-state index is -0.290. The van der Waals surface area contributed by atoms with E-state index < -0.39 is 0 Å². The normalized spacial score (nSPS) is 10.3. The molecule has 3 aromatic rings. The number of aryl methyl sites for hydroxylation is 1. The second-order valence-corrected chi connectivity index (χ2v) is 6.58. The molecule has 0 spiro atoms. The number of carbonyl (C=O) groups excluding carboxylic acids is 1. The van der Waals surface area contributed by atoms with Crippen molar-refractivity contribution in [3.05, 3.63) is 77.6 Å². The van der Waals surface area contributed by atoms with E-state index in [4.69, 9.17) is 9.47 Å². The van der Waals surface area contributed by atoms with Gasteiger partial charge in [-0.25, -0.2) is 0 Å². The number of para-hydroxylation sites is 1. The molecule has 1 heterocycles. The van der Waals surface area contributed by atoms with E-state index in [0.29, 0.717) is 23.7 Å². The highest BCUT2D eigenvalue weighted by Gasteiger charge is 2.12. The Morgan fingerprint density at radius 3 is 2.59 bits per heavy atom. The fourth-order valence-electron chi connectivity index (χ4n) is 3.02. The number of amides is 1. The van der Waals surface area contributed by atoms with Gasteiger partial charge in [0.15, 0.2) is 0 Å². The van der Waals surface area contributed by atoms with Gasteiger partial charge in [-0.2, -0.15) is 0 Å². The minimum absolute atomic E-state index is 0.290. The number of carbonyl (C=O) groups is 1. The first kappa shape index (κ1) is 20.2. The number of nitrogens with one attached hydrogen (secondary N) is 2. The van der Waals surface area contributed by atoms with Gasteiger partial charge < -0.3 is 20.1 Å². The SMILES string of the molecule is COc1ccccc1CCNc1ccnc(C(=O)Nc2cc(C)ccc2OC)c1. The van der Waals surface area contributed by atoms with Gasteiger partial charge in [-0.1, -0.05) is 24.3 Å². The third-order valence-corrected chi connectivity index (χ3v) is 4.51. The van der Waals surface area contributed by atoms with Crippen molar-refractivity contribution in [2.45, 2.75) is 13.3 Å². The molecule has 0 aliphatic carbocycles. The predicted octanol–water partition coefficient (Wildman–Crippen LogP) is 4.31. The highest BCUT2D eigenvalue weighted by atomic mass is 16.5. The number of nitrogens with zero attached hydrogens (tertiary/aromatic N) is 1. The Hall–Kier alpha value is -3.54. The van der Waals surface area contributed by atoms with E-state index in [-0.39, 0.29) is 5.91 Å². The van der Waals surface area contributed by atoms with E-state index in [1.165, 1.54) is 0 Å². The summed E-state index contributed by atoms with van der Waals surface area (Å²) in [6.07, 6.45) is 2.42. The largest absolute Gasteiger partial charge is 0.496 e. The second kappa shape index (κ2) is 9.59. The molecule has 0 fully saturated rings. The molecular formula is C23H25N3O3. The first-order valence-electron chi connectivity index (χ1n) is 9.38. The predicted molar refractivity (Wildman–Crippen MR) is 115 cm³/mol. The number of ether oxygens (including phenoxy) is 2. The molecule has 0 atom stereocenters. The van der Waals surface area contributed by atoms with Gasteiger partial charge in [0.05, 0.1) is 19.9 Å². The molecule has 1 aromatic heterocycles. The van der Waals surface area contributed by atoms with Crippen LogP contribution in [0.15, 0.2) is 60.8 Å². The molecule has 6 nitrogen and oxygen atoms in total. The molecule has 0 bridgehead atoms. The number of pyridine rings is 1. The van der Waals surface area contributed by atoms with E-state index in [2.05, 4.69) is 15.6 Å². The molecule has 29 heavy (non-hydrogen) atoms. The summed E-state index contributed by atoms with van der Waals surface area (Å²) in [5, 5.41) is 6.21. The average Bonchev–Trinajstić information content (AvgIpc) is 2.74. The number of aromatic nitrogens is 1. The van der Waals surface area contributed by atoms with Crippen LogP contribution in [0.2, 0.25) is 0 Å². The topological polar surface area (TPSA) is 72.5 Å². The first-order chi connectivity index (χ1) is 14.1. The summed E-state index contributed by atoms with van der Waals surface area (Å²) in [6, 6.07) is 17.1. The van der Waals surface area contributed by atoms with Crippen LogP contribution in [0.4, 0.5) is 11.4 Å². The number of methoxy groups -OCH3 is 2. The van der Waals surface area contributed by atoms with Crippen LogP contribution in [0, 0.1) is 6.92 Å². The fraction of sp³-hybridized carbons (Fsp3) is 0.217. The first-order valence-corrected chi connectivity index (χ1v) is 9.38. The minimum Gasteiger partial charge on any atom is -0.496 e. The van der Waals surface area contributed by atoms with Crippen molar-refractivity contribution in [3.63, 3.8) is 0 Å². The molecule has 0 radical (unpaired) electrons. The molecule has 0 saturated carbocycles. The van der Waals surface area contributed by atoms with E-state index in [1.807, 2.05) is 55.5 Å². The van der Waals surface area contributed by atoms with Crippen molar-refractivity contribution in [3.8, 4) is 11.5 Å². The summed E-state index contributed by atoms with van der Waals surface area (Å²) in [5.74, 6) is 1.19. The Morgan fingerprint density at radius 2 is 1.79 bits per heavy atom. The Bertz CT molecular complexity index is 989. The fourth-order valence-corrected chi connectivity index (χ4v) is 3.02. The van der Waals surface area contributed by atoms with Crippen LogP contribution in [0.5, 0.6) is 11.5 Å². The standard InChI is InChI=1S/C23H25N3O3/c1-16-8-9-22(29-3)19(14-16)26-23(27)20-15-18(11-13-25-20)24-12-10-17-6-4-5-7-21(17)28-2/h4-9,11,13-15H,10,12H2,1-3H3,(H,24,25)(H,26,27). The highest BCUT2D eigenvalue weighted by Crippen LogP contribution is 2.26. The second-order valence-electron chi connectivity index (χ2n) is 6.58. The quantitative estimate of drug-likeness (QED) is 0.598. The van der Waals surface area contributed by atoms with Gasteiger partial charge in [0.1, 0.15) is 17.2 Å². The van der Waals surface area contributed by atoms with Gasteiger partial charge in [0, 0.05) is 18.4 Å². The van der Waals surface area contributed by atoms with Crippen LogP contribution in [-0.2, 0) is 6.42 Å². The third kappa shape index (κ3) is 5.25. The van der Waals surface area contributed by atoms with Gasteiger partial charge in [-0.3, -0.25) is 9.78 Å². The summed E-state index contributed by atoms with van der Waals surface area (Å²) in [4.78, 5) is 16.8. The van der Waals surface area contributed by atoms with Gasteiger partial charge in [0.25, 0.3) is 5.91 Å². The zero-order chi connectivity index (χ0) is 20.6. The van der Waals surface area contributed by atoms with Crippen LogP contribution < -0.4 is 20.1 Å². The number of rotatable bonds is 8. The molecule has 0 aliphatic rings. The molecule has 1 amide bonds. The number of benzene rings is 2. The van der Waals surface area contributed by atoms with Crippen molar-refractivity contribution >= 4 is 17.3 Å². The van der Waals surface area contributed by atoms with E-state index >= 15 is 0 Å². The van der Waals surface area contributed by atoms with Crippen LogP contribution in [-0.4, -0.2) is 31.7 Å². The average molecular weight is 391 g/mol. The molecule has 0 saturated heterocycles. The molecule has 0 aliphatic heterocycles. The lowest BCUT2D eigenvalue weighted by Gasteiger charge is -2.12. The Morgan fingerprint density at radius 1 is 1.00 bits per heavy atom. The van der Waals surface area contributed by atoms with E-state index in [9.17, 15) is 4.79 Å². The molecule has 0 unspecified atom stereocenters. The lowest BCUT2D eigenvalue weighted by Crippen LogP contribution is -2.15. The van der Waals surface area contributed by atoms with Gasteiger partial charge in [0.2, 0.25) is 0 Å². The van der Waals surface area contributed by atoms with Crippen LogP contribution in [0.25, 0.3) is 0 Å².